The van der Waals surface area contributed by atoms with Crippen LogP contribution >= 0.6 is 0 Å². The van der Waals surface area contributed by atoms with Crippen LogP contribution in [-0.4, -0.2) is 54.1 Å². The molecule has 0 aliphatic carbocycles. The molecule has 7 aromatic rings. The van der Waals surface area contributed by atoms with Crippen molar-refractivity contribution in [1.29, 1.82) is 0 Å². The predicted octanol–water partition coefficient (Wildman–Crippen LogP) is 6.89. The second-order valence-electron chi connectivity index (χ2n) is 10.5. The largest absolute Gasteiger partial charge is 0.497 e. The first-order valence-electron chi connectivity index (χ1n) is 14.0. The fourth-order valence-corrected chi connectivity index (χ4v) is 5.90. The maximum atomic E-state index is 5.56. The molecule has 2 aliphatic heterocycles. The number of methoxy groups -OCH3 is 2. The molecule has 0 saturated carbocycles. The van der Waals surface area contributed by atoms with Crippen LogP contribution in [0.25, 0.3) is 89.7 Å². The Morgan fingerprint density at radius 2 is 0.841 bits per heavy atom. The number of nitrogens with zero attached hydrogens (tertiary/aromatic N) is 6. The number of fused-ring (bicyclic) bond motifs is 20. The number of hydrogen-bond acceptors (Lipinski definition) is 8. The molecule has 0 fully saturated rings. The number of aromatic amines is 2. The SMILES string of the molecule is COc1ccc2c(c1)-c1nc-2nc2[nH]c(nc3nc(nc4[nH]c(n1)c1cc(OC)ccc41)-c1ccccc1-3)c1ccccc21. The van der Waals surface area contributed by atoms with Gasteiger partial charge in [0, 0.05) is 43.8 Å². The van der Waals surface area contributed by atoms with E-state index in [9.17, 15) is 0 Å². The van der Waals surface area contributed by atoms with Crippen molar-refractivity contribution in [1.82, 2.24) is 39.9 Å². The lowest BCUT2D eigenvalue weighted by Gasteiger charge is -2.02. The highest BCUT2D eigenvalue weighted by atomic mass is 16.5. The molecule has 4 aromatic carbocycles. The lowest BCUT2D eigenvalue weighted by atomic mass is 10.1. The Kier molecular flexibility index (Phi) is 5.09. The number of H-pyrrole nitrogens is 2. The molecule has 10 heteroatoms. The topological polar surface area (TPSA) is 127 Å². The van der Waals surface area contributed by atoms with Crippen molar-refractivity contribution in [3.05, 3.63) is 84.9 Å². The van der Waals surface area contributed by atoms with E-state index in [1.54, 1.807) is 14.2 Å². The number of rotatable bonds is 2. The Hall–Kier alpha value is -6.16. The Morgan fingerprint density at radius 3 is 1.41 bits per heavy atom. The third-order valence-corrected chi connectivity index (χ3v) is 8.06. The van der Waals surface area contributed by atoms with Gasteiger partial charge in [0.1, 0.15) is 34.1 Å². The summed E-state index contributed by atoms with van der Waals surface area (Å²) in [5.41, 5.74) is 5.96. The maximum Gasteiger partial charge on any atom is 0.164 e. The molecule has 44 heavy (non-hydrogen) atoms. The molecule has 210 valence electrons. The predicted molar refractivity (Wildman–Crippen MR) is 169 cm³/mol. The molecule has 0 atom stereocenters. The Morgan fingerprint density at radius 1 is 0.409 bits per heavy atom. The minimum atomic E-state index is 0.502. The van der Waals surface area contributed by atoms with E-state index >= 15 is 0 Å². The first-order valence-corrected chi connectivity index (χ1v) is 14.0. The van der Waals surface area contributed by atoms with E-state index in [1.807, 2.05) is 84.9 Å². The highest BCUT2D eigenvalue weighted by molar-refractivity contribution is 6.06. The molecule has 0 saturated heterocycles. The van der Waals surface area contributed by atoms with Gasteiger partial charge in [-0.25, -0.2) is 29.9 Å². The number of benzene rings is 4. The van der Waals surface area contributed by atoms with Gasteiger partial charge in [-0.2, -0.15) is 0 Å². The summed E-state index contributed by atoms with van der Waals surface area (Å²) < 4.78 is 11.1. The van der Waals surface area contributed by atoms with Gasteiger partial charge in [0.25, 0.3) is 0 Å². The molecule has 0 radical (unpaired) electrons. The average Bonchev–Trinajstić information content (AvgIpc) is 3.79. The molecule has 5 heterocycles. The summed E-state index contributed by atoms with van der Waals surface area (Å²) in [5, 5.41) is 3.56. The van der Waals surface area contributed by atoms with Crippen molar-refractivity contribution in [2.24, 2.45) is 0 Å². The highest BCUT2D eigenvalue weighted by Crippen LogP contribution is 2.38. The van der Waals surface area contributed by atoms with E-state index in [2.05, 4.69) is 9.97 Å². The number of aromatic nitrogens is 8. The van der Waals surface area contributed by atoms with E-state index in [-0.39, 0.29) is 0 Å². The fraction of sp³-hybridized carbons (Fsp3) is 0.0588. The number of nitrogens with one attached hydrogen (secondary N) is 2. The standard InChI is InChI=1S/C34H22N8O2/c1-43-17-11-13-23-25(15-17)33-40-31(23)38-29-21-9-5-3-7-19(21)27(36-29)35-28-20-8-4-6-10-22(20)30(37-28)39-32-24-14-12-18(44-2)16-26(24)34(41-32)42-33/h3-16H,1-2H3,(H2,35,36,37,38,39,40,41,42). The normalized spacial score (nSPS) is 11.9. The first-order chi connectivity index (χ1) is 21.7. The van der Waals surface area contributed by atoms with Gasteiger partial charge in [-0.15, -0.1) is 0 Å². The second-order valence-corrected chi connectivity index (χ2v) is 10.5. The van der Waals surface area contributed by atoms with Crippen molar-refractivity contribution >= 4 is 44.1 Å². The van der Waals surface area contributed by atoms with E-state index in [0.29, 0.717) is 57.4 Å². The van der Waals surface area contributed by atoms with Crippen molar-refractivity contribution in [2.75, 3.05) is 14.2 Å². The molecule has 10 nitrogen and oxygen atoms in total. The van der Waals surface area contributed by atoms with Crippen LogP contribution in [-0.2, 0) is 0 Å². The van der Waals surface area contributed by atoms with Gasteiger partial charge in [-0.3, -0.25) is 0 Å². The lowest BCUT2D eigenvalue weighted by molar-refractivity contribution is 0.415. The minimum absolute atomic E-state index is 0.502. The van der Waals surface area contributed by atoms with E-state index in [4.69, 9.17) is 39.4 Å². The summed E-state index contributed by atoms with van der Waals surface area (Å²) in [6.45, 7) is 0. The van der Waals surface area contributed by atoms with Gasteiger partial charge >= 0.3 is 0 Å². The Labute approximate surface area is 249 Å². The van der Waals surface area contributed by atoms with Crippen LogP contribution in [0.4, 0.5) is 0 Å². The first kappa shape index (κ1) is 24.4. The lowest BCUT2D eigenvalue weighted by Crippen LogP contribution is -1.86. The fourth-order valence-electron chi connectivity index (χ4n) is 5.90. The summed E-state index contributed by atoms with van der Waals surface area (Å²) >= 11 is 0. The highest BCUT2D eigenvalue weighted by Gasteiger charge is 2.22. The zero-order valence-corrected chi connectivity index (χ0v) is 23.6. The minimum Gasteiger partial charge on any atom is -0.497 e. The van der Waals surface area contributed by atoms with Crippen LogP contribution in [0.5, 0.6) is 11.5 Å². The Balaban J connectivity index is 1.49. The summed E-state index contributed by atoms with van der Waals surface area (Å²) in [7, 11) is 3.28. The van der Waals surface area contributed by atoms with Crippen LogP contribution in [0.2, 0.25) is 0 Å². The Bertz CT molecular complexity index is 2500. The van der Waals surface area contributed by atoms with Crippen LogP contribution in [0, 0.1) is 0 Å². The summed E-state index contributed by atoms with van der Waals surface area (Å²) in [4.78, 5) is 36.9. The number of ether oxygens (including phenoxy) is 2. The molecule has 9 rings (SSSR count). The summed E-state index contributed by atoms with van der Waals surface area (Å²) in [6, 6.07) is 27.6. The third kappa shape index (κ3) is 3.61. The number of hydrogen-bond donors (Lipinski definition) is 2. The van der Waals surface area contributed by atoms with Gasteiger partial charge in [0.15, 0.2) is 23.3 Å². The van der Waals surface area contributed by atoms with E-state index < -0.39 is 0 Å². The summed E-state index contributed by atoms with van der Waals surface area (Å²) in [6.07, 6.45) is 0. The quantitative estimate of drug-likeness (QED) is 0.229. The summed E-state index contributed by atoms with van der Waals surface area (Å²) in [5.74, 6) is 3.56. The maximum absolute atomic E-state index is 5.56. The van der Waals surface area contributed by atoms with Crippen molar-refractivity contribution in [3.8, 4) is 57.1 Å². The molecular weight excluding hydrogens is 552 g/mol. The zero-order valence-electron chi connectivity index (χ0n) is 23.6. The van der Waals surface area contributed by atoms with Crippen molar-refractivity contribution < 1.29 is 9.47 Å². The zero-order chi connectivity index (χ0) is 29.4. The van der Waals surface area contributed by atoms with Gasteiger partial charge < -0.3 is 19.4 Å². The smallest absolute Gasteiger partial charge is 0.164 e. The van der Waals surface area contributed by atoms with Gasteiger partial charge in [-0.1, -0.05) is 48.5 Å². The molecule has 0 spiro atoms. The van der Waals surface area contributed by atoms with E-state index in [0.717, 1.165) is 43.8 Å². The molecule has 8 bridgehead atoms. The van der Waals surface area contributed by atoms with Gasteiger partial charge in [-0.05, 0) is 36.4 Å². The molecule has 0 amide bonds. The molecule has 0 unspecified atom stereocenters. The van der Waals surface area contributed by atoms with E-state index in [1.165, 1.54) is 0 Å². The average molecular weight is 575 g/mol. The van der Waals surface area contributed by atoms with Crippen molar-refractivity contribution in [3.63, 3.8) is 0 Å². The second kappa shape index (κ2) is 9.17. The van der Waals surface area contributed by atoms with Gasteiger partial charge in [0.2, 0.25) is 0 Å². The van der Waals surface area contributed by atoms with Crippen LogP contribution in [0.1, 0.15) is 0 Å². The van der Waals surface area contributed by atoms with Crippen LogP contribution in [0.15, 0.2) is 84.9 Å². The van der Waals surface area contributed by atoms with Crippen LogP contribution in [0.3, 0.4) is 0 Å². The third-order valence-electron chi connectivity index (χ3n) is 8.06. The molecule has 2 N–H and O–H groups in total. The molecule has 3 aromatic heterocycles. The van der Waals surface area contributed by atoms with Gasteiger partial charge in [0.05, 0.1) is 14.2 Å². The van der Waals surface area contributed by atoms with Crippen LogP contribution < -0.4 is 9.47 Å². The van der Waals surface area contributed by atoms with Crippen molar-refractivity contribution in [2.45, 2.75) is 0 Å². The molecular formula is C34H22N8O2. The molecule has 2 aliphatic rings. The monoisotopic (exact) mass is 574 g/mol.